The zero-order valence-corrected chi connectivity index (χ0v) is 15.0. The second kappa shape index (κ2) is 8.71. The Hall–Kier alpha value is -2.04. The first kappa shape index (κ1) is 18.3. The molecule has 1 aromatic carbocycles. The predicted molar refractivity (Wildman–Crippen MR) is 98.2 cm³/mol. The Morgan fingerprint density at radius 1 is 1.12 bits per heavy atom. The van der Waals surface area contributed by atoms with Crippen molar-refractivity contribution in [1.82, 2.24) is 14.9 Å². The summed E-state index contributed by atoms with van der Waals surface area (Å²) in [6.07, 6.45) is 4.50. The van der Waals surface area contributed by atoms with Crippen LogP contribution in [0, 0.1) is 5.92 Å². The highest BCUT2D eigenvalue weighted by Gasteiger charge is 2.15. The molecule has 5 nitrogen and oxygen atoms in total. The van der Waals surface area contributed by atoms with Crippen LogP contribution >= 0.6 is 0 Å². The van der Waals surface area contributed by atoms with Gasteiger partial charge in [-0.25, -0.2) is 4.79 Å². The summed E-state index contributed by atoms with van der Waals surface area (Å²) < 4.78 is 0. The number of hydrogen-bond donors (Lipinski definition) is 2. The zero-order chi connectivity index (χ0) is 17.5. The quantitative estimate of drug-likeness (QED) is 0.739. The maximum Gasteiger partial charge on any atom is 0.323 e. The van der Waals surface area contributed by atoms with Crippen LogP contribution in [-0.2, 0) is 11.2 Å². The smallest absolute Gasteiger partial charge is 0.323 e. The van der Waals surface area contributed by atoms with E-state index in [4.69, 9.17) is 0 Å². The third kappa shape index (κ3) is 4.73. The maximum atomic E-state index is 12.4. The van der Waals surface area contributed by atoms with E-state index in [0.717, 1.165) is 55.4 Å². The van der Waals surface area contributed by atoms with Crippen LogP contribution in [0.4, 0.5) is 0 Å². The van der Waals surface area contributed by atoms with Crippen molar-refractivity contribution >= 4 is 16.9 Å². The number of aromatic amines is 2. The van der Waals surface area contributed by atoms with Gasteiger partial charge in [-0.3, -0.25) is 4.79 Å². The highest BCUT2D eigenvalue weighted by Crippen LogP contribution is 2.14. The number of rotatable bonds is 9. The van der Waals surface area contributed by atoms with Crippen LogP contribution in [0.1, 0.15) is 52.0 Å². The van der Waals surface area contributed by atoms with E-state index in [-0.39, 0.29) is 11.6 Å². The summed E-state index contributed by atoms with van der Waals surface area (Å²) in [6.45, 7) is 8.09. The molecule has 0 saturated heterocycles. The number of aryl methyl sites for hydroxylation is 1. The lowest BCUT2D eigenvalue weighted by Gasteiger charge is -2.25. The molecule has 1 aromatic heterocycles. The highest BCUT2D eigenvalue weighted by molar-refractivity contribution is 5.76. The lowest BCUT2D eigenvalue weighted by Crippen LogP contribution is -2.35. The molecule has 0 radical (unpaired) electrons. The van der Waals surface area contributed by atoms with Gasteiger partial charge in [0, 0.05) is 19.5 Å². The number of amides is 1. The van der Waals surface area contributed by atoms with E-state index in [1.165, 1.54) is 0 Å². The summed E-state index contributed by atoms with van der Waals surface area (Å²) in [6, 6.07) is 5.91. The lowest BCUT2D eigenvalue weighted by molar-refractivity contribution is -0.131. The SMILES string of the molecule is CCC(CC)CN(CC)C(=O)CCCc1ccc2[nH]c(=O)[nH]c2c1. The predicted octanol–water partition coefficient (Wildman–Crippen LogP) is 3.46. The van der Waals surface area contributed by atoms with Gasteiger partial charge in [-0.2, -0.15) is 0 Å². The normalized spacial score (nSPS) is 11.3. The zero-order valence-electron chi connectivity index (χ0n) is 15.0. The van der Waals surface area contributed by atoms with Gasteiger partial charge in [0.2, 0.25) is 5.91 Å². The summed E-state index contributed by atoms with van der Waals surface area (Å²) >= 11 is 0. The van der Waals surface area contributed by atoms with Gasteiger partial charge in [-0.15, -0.1) is 0 Å². The molecule has 1 amide bonds. The molecule has 0 aliphatic rings. The molecular formula is C19H29N3O2. The van der Waals surface area contributed by atoms with E-state index in [1.807, 2.05) is 23.1 Å². The first-order valence-electron chi connectivity index (χ1n) is 9.06. The van der Waals surface area contributed by atoms with Crippen LogP contribution in [0.25, 0.3) is 11.0 Å². The van der Waals surface area contributed by atoms with Crippen LogP contribution < -0.4 is 5.69 Å². The topological polar surface area (TPSA) is 69.0 Å². The minimum Gasteiger partial charge on any atom is -0.343 e. The molecule has 0 spiro atoms. The summed E-state index contributed by atoms with van der Waals surface area (Å²) in [5.41, 5.74) is 2.61. The van der Waals surface area contributed by atoms with E-state index in [9.17, 15) is 9.59 Å². The van der Waals surface area contributed by atoms with Crippen LogP contribution in [0.5, 0.6) is 0 Å². The van der Waals surface area contributed by atoms with E-state index >= 15 is 0 Å². The Morgan fingerprint density at radius 3 is 2.50 bits per heavy atom. The van der Waals surface area contributed by atoms with Crippen LogP contribution in [0.2, 0.25) is 0 Å². The van der Waals surface area contributed by atoms with Crippen molar-refractivity contribution in [3.63, 3.8) is 0 Å². The number of H-pyrrole nitrogens is 2. The molecule has 0 unspecified atom stereocenters. The lowest BCUT2D eigenvalue weighted by atomic mass is 10.0. The average Bonchev–Trinajstić information content (AvgIpc) is 2.95. The molecule has 0 aliphatic heterocycles. The van der Waals surface area contributed by atoms with Crippen molar-refractivity contribution in [2.75, 3.05) is 13.1 Å². The summed E-state index contributed by atoms with van der Waals surface area (Å²) in [4.78, 5) is 31.2. The number of nitrogens with one attached hydrogen (secondary N) is 2. The number of imidazole rings is 1. The molecule has 2 rings (SSSR count). The molecule has 0 atom stereocenters. The van der Waals surface area contributed by atoms with E-state index in [0.29, 0.717) is 12.3 Å². The maximum absolute atomic E-state index is 12.4. The van der Waals surface area contributed by atoms with Gasteiger partial charge in [-0.05, 0) is 43.4 Å². The van der Waals surface area contributed by atoms with Gasteiger partial charge in [0.05, 0.1) is 11.0 Å². The summed E-state index contributed by atoms with van der Waals surface area (Å²) in [7, 11) is 0. The molecule has 0 aliphatic carbocycles. The number of carbonyl (C=O) groups excluding carboxylic acids is 1. The van der Waals surface area contributed by atoms with E-state index in [2.05, 4.69) is 30.7 Å². The summed E-state index contributed by atoms with van der Waals surface area (Å²) in [5, 5.41) is 0. The van der Waals surface area contributed by atoms with Gasteiger partial charge in [-0.1, -0.05) is 32.8 Å². The molecule has 0 fully saturated rings. The molecular weight excluding hydrogens is 302 g/mol. The molecule has 132 valence electrons. The standard InChI is InChI=1S/C19H29N3O2/c1-4-14(5-2)13-22(6-3)18(23)9-7-8-15-10-11-16-17(12-15)21-19(24)20-16/h10-12,14H,4-9,13H2,1-3H3,(H2,20,21,24). The van der Waals surface area contributed by atoms with Gasteiger partial charge < -0.3 is 14.9 Å². The minimum atomic E-state index is -0.183. The monoisotopic (exact) mass is 331 g/mol. The molecule has 0 bridgehead atoms. The number of carbonyl (C=O) groups is 1. The molecule has 5 heteroatoms. The average molecular weight is 331 g/mol. The first-order chi connectivity index (χ1) is 11.6. The van der Waals surface area contributed by atoms with E-state index in [1.54, 1.807) is 0 Å². The number of hydrogen-bond acceptors (Lipinski definition) is 2. The van der Waals surface area contributed by atoms with Gasteiger partial charge in [0.1, 0.15) is 0 Å². The molecule has 1 heterocycles. The van der Waals surface area contributed by atoms with Crippen LogP contribution in [0.3, 0.4) is 0 Å². The van der Waals surface area contributed by atoms with Crippen molar-refractivity contribution in [1.29, 1.82) is 0 Å². The van der Waals surface area contributed by atoms with Gasteiger partial charge in [0.25, 0.3) is 0 Å². The van der Waals surface area contributed by atoms with Crippen molar-refractivity contribution in [2.24, 2.45) is 5.92 Å². The Bertz CT molecular complexity index is 713. The second-order valence-corrected chi connectivity index (χ2v) is 6.43. The number of aromatic nitrogens is 2. The third-order valence-corrected chi connectivity index (χ3v) is 4.80. The number of nitrogens with zero attached hydrogens (tertiary/aromatic N) is 1. The molecule has 0 saturated carbocycles. The van der Waals surface area contributed by atoms with Crippen molar-refractivity contribution in [2.45, 2.75) is 52.9 Å². The summed E-state index contributed by atoms with van der Waals surface area (Å²) in [5.74, 6) is 0.849. The van der Waals surface area contributed by atoms with Gasteiger partial charge >= 0.3 is 5.69 Å². The van der Waals surface area contributed by atoms with E-state index < -0.39 is 0 Å². The van der Waals surface area contributed by atoms with Crippen molar-refractivity contribution in [3.05, 3.63) is 34.2 Å². The first-order valence-corrected chi connectivity index (χ1v) is 9.06. The fourth-order valence-corrected chi connectivity index (χ4v) is 3.10. The Labute approximate surface area is 143 Å². The van der Waals surface area contributed by atoms with Crippen molar-refractivity contribution in [3.8, 4) is 0 Å². The molecule has 2 N–H and O–H groups in total. The number of fused-ring (bicyclic) bond motifs is 1. The minimum absolute atomic E-state index is 0.183. The fraction of sp³-hybridized carbons (Fsp3) is 0.579. The van der Waals surface area contributed by atoms with Gasteiger partial charge in [0.15, 0.2) is 0 Å². The Kier molecular flexibility index (Phi) is 6.64. The fourth-order valence-electron chi connectivity index (χ4n) is 3.10. The Morgan fingerprint density at radius 2 is 1.83 bits per heavy atom. The third-order valence-electron chi connectivity index (χ3n) is 4.80. The molecule has 24 heavy (non-hydrogen) atoms. The highest BCUT2D eigenvalue weighted by atomic mass is 16.2. The van der Waals surface area contributed by atoms with Crippen LogP contribution in [-0.4, -0.2) is 33.9 Å². The Balaban J connectivity index is 1.86. The van der Waals surface area contributed by atoms with Crippen molar-refractivity contribution < 1.29 is 4.79 Å². The largest absolute Gasteiger partial charge is 0.343 e. The van der Waals surface area contributed by atoms with Crippen LogP contribution in [0.15, 0.2) is 23.0 Å². The number of benzene rings is 1. The molecule has 2 aromatic rings. The second-order valence-electron chi connectivity index (χ2n) is 6.43.